The second kappa shape index (κ2) is 7.10. The maximum Gasteiger partial charge on any atom is 0.324 e. The fourth-order valence-electron chi connectivity index (χ4n) is 1.89. The Labute approximate surface area is 138 Å². The van der Waals surface area contributed by atoms with Gasteiger partial charge in [0.15, 0.2) is 0 Å². The van der Waals surface area contributed by atoms with E-state index >= 15 is 0 Å². The Bertz CT molecular complexity index is 788. The second-order valence-electron chi connectivity index (χ2n) is 4.73. The van der Waals surface area contributed by atoms with Crippen molar-refractivity contribution in [2.45, 2.75) is 10.9 Å². The molecule has 2 aromatic rings. The Morgan fingerprint density at radius 1 is 1.04 bits per heavy atom. The fraction of sp³-hybridized carbons (Fsp3) is 0.133. The van der Waals surface area contributed by atoms with Crippen LogP contribution in [0.3, 0.4) is 0 Å². The summed E-state index contributed by atoms with van der Waals surface area (Å²) in [6.07, 6.45) is 0. The van der Waals surface area contributed by atoms with Crippen LogP contribution in [0.4, 0.5) is 0 Å². The summed E-state index contributed by atoms with van der Waals surface area (Å²) in [5, 5.41) is 18.3. The smallest absolute Gasteiger partial charge is 0.324 e. The van der Waals surface area contributed by atoms with E-state index < -0.39 is 28.6 Å². The molecule has 3 N–H and O–H groups in total. The standard InChI is InChI=1S/C15H14ClNO5S/c16-12-5-1-10(2-6-12)11-3-7-13(8-4-11)23(21,22)17-14(9-18)15(19)20/h1-8,14,17-18H,9H2,(H,19,20)/t14-/m0/s1. The molecule has 0 unspecified atom stereocenters. The Kier molecular flexibility index (Phi) is 5.38. The lowest BCUT2D eigenvalue weighted by Crippen LogP contribution is -2.43. The number of carboxylic acid groups (broad SMARTS) is 1. The summed E-state index contributed by atoms with van der Waals surface area (Å²) < 4.78 is 26.1. The van der Waals surface area contributed by atoms with Crippen LogP contribution in [0.2, 0.25) is 5.02 Å². The molecular formula is C15H14ClNO5S. The summed E-state index contributed by atoms with van der Waals surface area (Å²) in [6.45, 7) is -0.836. The average molecular weight is 356 g/mol. The quantitative estimate of drug-likeness (QED) is 0.732. The summed E-state index contributed by atoms with van der Waals surface area (Å²) >= 11 is 5.82. The molecule has 23 heavy (non-hydrogen) atoms. The molecule has 0 aliphatic rings. The summed E-state index contributed by atoms with van der Waals surface area (Å²) in [6, 6.07) is 11.4. The maximum atomic E-state index is 12.1. The van der Waals surface area contributed by atoms with Gasteiger partial charge in [0.2, 0.25) is 10.0 Å². The first-order chi connectivity index (χ1) is 10.8. The molecule has 0 saturated carbocycles. The van der Waals surface area contributed by atoms with Gasteiger partial charge in [-0.25, -0.2) is 8.42 Å². The van der Waals surface area contributed by atoms with Gasteiger partial charge in [-0.15, -0.1) is 0 Å². The van der Waals surface area contributed by atoms with E-state index in [9.17, 15) is 13.2 Å². The Balaban J connectivity index is 2.24. The van der Waals surface area contributed by atoms with Gasteiger partial charge in [0.1, 0.15) is 6.04 Å². The highest BCUT2D eigenvalue weighted by Crippen LogP contribution is 2.23. The van der Waals surface area contributed by atoms with Crippen molar-refractivity contribution in [2.75, 3.05) is 6.61 Å². The van der Waals surface area contributed by atoms with Crippen LogP contribution in [0.15, 0.2) is 53.4 Å². The number of aliphatic hydroxyl groups is 1. The molecule has 0 radical (unpaired) electrons. The Morgan fingerprint density at radius 3 is 1.96 bits per heavy atom. The van der Waals surface area contributed by atoms with Crippen molar-refractivity contribution in [2.24, 2.45) is 0 Å². The van der Waals surface area contributed by atoms with Gasteiger partial charge in [-0.3, -0.25) is 4.79 Å². The number of carboxylic acids is 1. The number of halogens is 1. The lowest BCUT2D eigenvalue weighted by atomic mass is 10.1. The number of nitrogens with one attached hydrogen (secondary N) is 1. The molecule has 1 atom stereocenters. The number of hydrogen-bond acceptors (Lipinski definition) is 4. The lowest BCUT2D eigenvalue weighted by molar-refractivity contribution is -0.139. The van der Waals surface area contributed by atoms with Crippen LogP contribution in [-0.2, 0) is 14.8 Å². The van der Waals surface area contributed by atoms with Gasteiger partial charge in [-0.1, -0.05) is 35.9 Å². The number of aliphatic carboxylic acids is 1. The minimum absolute atomic E-state index is 0.0880. The van der Waals surface area contributed by atoms with Crippen LogP contribution in [0, 0.1) is 0 Å². The third-order valence-electron chi connectivity index (χ3n) is 3.12. The van der Waals surface area contributed by atoms with Crippen molar-refractivity contribution in [3.63, 3.8) is 0 Å². The summed E-state index contributed by atoms with van der Waals surface area (Å²) in [5.74, 6) is -1.45. The van der Waals surface area contributed by atoms with Gasteiger partial charge in [0.05, 0.1) is 11.5 Å². The molecule has 0 bridgehead atoms. The van der Waals surface area contributed by atoms with E-state index in [4.69, 9.17) is 21.8 Å². The molecule has 0 amide bonds. The van der Waals surface area contributed by atoms with E-state index in [0.29, 0.717) is 5.02 Å². The van der Waals surface area contributed by atoms with Crippen molar-refractivity contribution in [1.82, 2.24) is 4.72 Å². The number of hydrogen-bond donors (Lipinski definition) is 3. The summed E-state index contributed by atoms with van der Waals surface area (Å²) in [7, 11) is -4.03. The van der Waals surface area contributed by atoms with Gasteiger partial charge < -0.3 is 10.2 Å². The number of carbonyl (C=O) groups is 1. The molecule has 6 nitrogen and oxygen atoms in total. The van der Waals surface area contributed by atoms with Gasteiger partial charge >= 0.3 is 5.97 Å². The Morgan fingerprint density at radius 2 is 1.52 bits per heavy atom. The molecule has 0 aliphatic heterocycles. The second-order valence-corrected chi connectivity index (χ2v) is 6.88. The monoisotopic (exact) mass is 355 g/mol. The lowest BCUT2D eigenvalue weighted by Gasteiger charge is -2.12. The number of aliphatic hydroxyl groups excluding tert-OH is 1. The Hall–Kier alpha value is -1.93. The summed E-state index contributed by atoms with van der Waals surface area (Å²) in [4.78, 5) is 10.7. The molecule has 0 aromatic heterocycles. The molecule has 2 rings (SSSR count). The first-order valence-corrected chi connectivity index (χ1v) is 8.41. The maximum absolute atomic E-state index is 12.1. The predicted octanol–water partition coefficient (Wildman–Crippen LogP) is 1.73. The van der Waals surface area contributed by atoms with E-state index in [1.165, 1.54) is 12.1 Å². The van der Waals surface area contributed by atoms with Crippen molar-refractivity contribution in [3.05, 3.63) is 53.6 Å². The molecule has 0 heterocycles. The highest BCUT2D eigenvalue weighted by atomic mass is 35.5. The van der Waals surface area contributed by atoms with Crippen molar-refractivity contribution in [1.29, 1.82) is 0 Å². The molecular weight excluding hydrogens is 342 g/mol. The minimum Gasteiger partial charge on any atom is -0.480 e. The van der Waals surface area contributed by atoms with Crippen molar-refractivity contribution < 1.29 is 23.4 Å². The molecule has 2 aromatic carbocycles. The number of rotatable bonds is 6. The van der Waals surface area contributed by atoms with Crippen molar-refractivity contribution in [3.8, 4) is 11.1 Å². The van der Waals surface area contributed by atoms with E-state index in [1.807, 2.05) is 4.72 Å². The van der Waals surface area contributed by atoms with Crippen LogP contribution >= 0.6 is 11.6 Å². The number of sulfonamides is 1. The first kappa shape index (κ1) is 17.4. The van der Waals surface area contributed by atoms with Gasteiger partial charge in [0.25, 0.3) is 0 Å². The average Bonchev–Trinajstić information content (AvgIpc) is 2.53. The zero-order valence-corrected chi connectivity index (χ0v) is 13.4. The number of benzene rings is 2. The largest absolute Gasteiger partial charge is 0.480 e. The molecule has 0 aliphatic carbocycles. The van der Waals surface area contributed by atoms with Gasteiger partial charge in [-0.05, 0) is 35.4 Å². The van der Waals surface area contributed by atoms with Crippen LogP contribution in [0.5, 0.6) is 0 Å². The highest BCUT2D eigenvalue weighted by molar-refractivity contribution is 7.89. The molecule has 0 spiro atoms. The molecule has 122 valence electrons. The van der Waals surface area contributed by atoms with Crippen LogP contribution in [0.25, 0.3) is 11.1 Å². The molecule has 0 fully saturated rings. The van der Waals surface area contributed by atoms with Crippen LogP contribution in [0.1, 0.15) is 0 Å². The zero-order valence-electron chi connectivity index (χ0n) is 11.8. The third-order valence-corrected chi connectivity index (χ3v) is 4.86. The van der Waals surface area contributed by atoms with E-state index in [0.717, 1.165) is 11.1 Å². The van der Waals surface area contributed by atoms with E-state index in [-0.39, 0.29) is 4.90 Å². The van der Waals surface area contributed by atoms with Gasteiger partial charge in [-0.2, -0.15) is 4.72 Å². The van der Waals surface area contributed by atoms with Crippen molar-refractivity contribution >= 4 is 27.6 Å². The van der Waals surface area contributed by atoms with Gasteiger partial charge in [0, 0.05) is 5.02 Å². The van der Waals surface area contributed by atoms with Crippen LogP contribution < -0.4 is 4.72 Å². The molecule has 8 heteroatoms. The van der Waals surface area contributed by atoms with E-state index in [2.05, 4.69) is 0 Å². The normalized spacial score (nSPS) is 12.8. The molecule has 0 saturated heterocycles. The van der Waals surface area contributed by atoms with Crippen LogP contribution in [-0.4, -0.2) is 37.2 Å². The minimum atomic E-state index is -4.03. The third kappa shape index (κ3) is 4.29. The topological polar surface area (TPSA) is 104 Å². The first-order valence-electron chi connectivity index (χ1n) is 6.55. The predicted molar refractivity (Wildman–Crippen MR) is 85.7 cm³/mol. The highest BCUT2D eigenvalue weighted by Gasteiger charge is 2.24. The zero-order chi connectivity index (χ0) is 17.0. The SMILES string of the molecule is O=C(O)[C@H](CO)NS(=O)(=O)c1ccc(-c2ccc(Cl)cc2)cc1. The summed E-state index contributed by atoms with van der Waals surface area (Å²) in [5.41, 5.74) is 1.66. The van der Waals surface area contributed by atoms with E-state index in [1.54, 1.807) is 36.4 Å². The fourth-order valence-corrected chi connectivity index (χ4v) is 3.20.